The SMILES string of the molecule is Cc1cccc(OCC[n+]2ccccc2)c1.[I-]. The third-order valence-corrected chi connectivity index (χ3v) is 2.39. The molecule has 1 aromatic carbocycles. The summed E-state index contributed by atoms with van der Waals surface area (Å²) >= 11 is 0. The molecule has 2 nitrogen and oxygen atoms in total. The lowest BCUT2D eigenvalue weighted by Gasteiger charge is -2.04. The topological polar surface area (TPSA) is 13.1 Å². The van der Waals surface area contributed by atoms with E-state index in [9.17, 15) is 0 Å². The van der Waals surface area contributed by atoms with Crippen LogP contribution < -0.4 is 33.3 Å². The molecule has 0 saturated carbocycles. The highest BCUT2D eigenvalue weighted by atomic mass is 127. The Morgan fingerprint density at radius 1 is 1.06 bits per heavy atom. The van der Waals surface area contributed by atoms with Crippen LogP contribution in [0.1, 0.15) is 5.56 Å². The van der Waals surface area contributed by atoms with Crippen LogP contribution >= 0.6 is 0 Å². The Bertz CT molecular complexity index is 445. The van der Waals surface area contributed by atoms with Crippen molar-refractivity contribution in [3.63, 3.8) is 0 Å². The Morgan fingerprint density at radius 3 is 2.53 bits per heavy atom. The third-order valence-electron chi connectivity index (χ3n) is 2.39. The summed E-state index contributed by atoms with van der Waals surface area (Å²) in [7, 11) is 0. The molecule has 90 valence electrons. The standard InChI is InChI=1S/C14H16NO.HI/c1-13-6-5-7-14(12-13)16-11-10-15-8-3-2-4-9-15;/h2-9,12H,10-11H2,1H3;1H/q+1;/p-1. The number of benzene rings is 1. The summed E-state index contributed by atoms with van der Waals surface area (Å²) in [5.41, 5.74) is 1.23. The number of halogens is 1. The second-order valence-electron chi connectivity index (χ2n) is 3.78. The molecule has 0 saturated heterocycles. The Morgan fingerprint density at radius 2 is 1.82 bits per heavy atom. The maximum Gasteiger partial charge on any atom is 0.182 e. The molecule has 2 rings (SSSR count). The second-order valence-corrected chi connectivity index (χ2v) is 3.78. The zero-order valence-corrected chi connectivity index (χ0v) is 12.0. The molecule has 0 aliphatic carbocycles. The highest BCUT2D eigenvalue weighted by Gasteiger charge is 1.99. The first-order valence-electron chi connectivity index (χ1n) is 5.48. The van der Waals surface area contributed by atoms with Gasteiger partial charge in [-0.05, 0) is 24.6 Å². The number of hydrogen-bond donors (Lipinski definition) is 0. The van der Waals surface area contributed by atoms with E-state index in [1.54, 1.807) is 0 Å². The van der Waals surface area contributed by atoms with Crippen molar-refractivity contribution in [2.45, 2.75) is 13.5 Å². The van der Waals surface area contributed by atoms with Crippen LogP contribution in [0.3, 0.4) is 0 Å². The molecule has 1 aromatic heterocycles. The van der Waals surface area contributed by atoms with Gasteiger partial charge in [-0.25, -0.2) is 4.57 Å². The Kier molecular flexibility index (Phi) is 5.97. The molecule has 0 radical (unpaired) electrons. The first-order chi connectivity index (χ1) is 7.84. The van der Waals surface area contributed by atoms with Crippen molar-refractivity contribution < 1.29 is 33.3 Å². The van der Waals surface area contributed by atoms with Gasteiger partial charge in [-0.15, -0.1) is 0 Å². The van der Waals surface area contributed by atoms with E-state index < -0.39 is 0 Å². The van der Waals surface area contributed by atoms with Gasteiger partial charge < -0.3 is 28.7 Å². The summed E-state index contributed by atoms with van der Waals surface area (Å²) < 4.78 is 7.78. The van der Waals surface area contributed by atoms with Gasteiger partial charge in [0.1, 0.15) is 12.4 Å². The average Bonchev–Trinajstić information content (AvgIpc) is 2.30. The van der Waals surface area contributed by atoms with Gasteiger partial charge in [0.2, 0.25) is 0 Å². The van der Waals surface area contributed by atoms with Crippen LogP contribution in [0, 0.1) is 6.92 Å². The molecule has 0 N–H and O–H groups in total. The first kappa shape index (κ1) is 14.0. The average molecular weight is 341 g/mol. The van der Waals surface area contributed by atoms with Gasteiger partial charge in [0.25, 0.3) is 0 Å². The van der Waals surface area contributed by atoms with Gasteiger partial charge in [0.15, 0.2) is 18.9 Å². The number of rotatable bonds is 4. The van der Waals surface area contributed by atoms with Crippen LogP contribution in [0.15, 0.2) is 54.9 Å². The van der Waals surface area contributed by atoms with Crippen LogP contribution in [0.2, 0.25) is 0 Å². The van der Waals surface area contributed by atoms with E-state index >= 15 is 0 Å². The molecule has 0 aliphatic heterocycles. The van der Waals surface area contributed by atoms with E-state index in [1.165, 1.54) is 5.56 Å². The van der Waals surface area contributed by atoms with Gasteiger partial charge in [-0.3, -0.25) is 0 Å². The fourth-order valence-corrected chi connectivity index (χ4v) is 1.56. The molecule has 0 aliphatic rings. The van der Waals surface area contributed by atoms with Crippen LogP contribution in [-0.4, -0.2) is 6.61 Å². The van der Waals surface area contributed by atoms with Crippen molar-refractivity contribution in [2.75, 3.05) is 6.61 Å². The maximum absolute atomic E-state index is 5.67. The molecule has 0 unspecified atom stereocenters. The number of pyridine rings is 1. The largest absolute Gasteiger partial charge is 1.00 e. The fourth-order valence-electron chi connectivity index (χ4n) is 1.56. The van der Waals surface area contributed by atoms with Crippen molar-refractivity contribution in [3.05, 3.63) is 60.4 Å². The maximum atomic E-state index is 5.67. The van der Waals surface area contributed by atoms with Crippen LogP contribution in [0.5, 0.6) is 5.75 Å². The van der Waals surface area contributed by atoms with E-state index in [4.69, 9.17) is 4.74 Å². The Hall–Kier alpha value is -1.10. The van der Waals surface area contributed by atoms with Crippen LogP contribution in [0.25, 0.3) is 0 Å². The van der Waals surface area contributed by atoms with Crippen molar-refractivity contribution in [3.8, 4) is 5.75 Å². The van der Waals surface area contributed by atoms with Crippen LogP contribution in [-0.2, 0) is 6.54 Å². The summed E-state index contributed by atoms with van der Waals surface area (Å²) in [5.74, 6) is 0.941. The minimum Gasteiger partial charge on any atom is -1.00 e. The monoisotopic (exact) mass is 341 g/mol. The van der Waals surface area contributed by atoms with Crippen molar-refractivity contribution in [2.24, 2.45) is 0 Å². The predicted molar refractivity (Wildman–Crippen MR) is 63.3 cm³/mol. The second kappa shape index (κ2) is 7.27. The molecule has 1 heterocycles. The van der Waals surface area contributed by atoms with E-state index in [-0.39, 0.29) is 24.0 Å². The fraction of sp³-hybridized carbons (Fsp3) is 0.214. The van der Waals surface area contributed by atoms with Gasteiger partial charge in [0.05, 0.1) is 0 Å². The van der Waals surface area contributed by atoms with Crippen LogP contribution in [0.4, 0.5) is 0 Å². The summed E-state index contributed by atoms with van der Waals surface area (Å²) in [4.78, 5) is 0. The quantitative estimate of drug-likeness (QED) is 0.533. The lowest BCUT2D eigenvalue weighted by Crippen LogP contribution is -3.00. The number of ether oxygens (including phenoxy) is 1. The van der Waals surface area contributed by atoms with E-state index in [0.717, 1.165) is 12.3 Å². The molecular formula is C14H16INO. The lowest BCUT2D eigenvalue weighted by atomic mass is 10.2. The molecule has 0 fully saturated rings. The van der Waals surface area contributed by atoms with Gasteiger partial charge in [-0.1, -0.05) is 18.2 Å². The molecule has 17 heavy (non-hydrogen) atoms. The third kappa shape index (κ3) is 4.73. The molecular weight excluding hydrogens is 325 g/mol. The van der Waals surface area contributed by atoms with Gasteiger partial charge in [0, 0.05) is 12.1 Å². The lowest BCUT2D eigenvalue weighted by molar-refractivity contribution is -0.697. The Labute approximate surface area is 119 Å². The molecule has 0 atom stereocenters. The smallest absolute Gasteiger partial charge is 0.182 e. The van der Waals surface area contributed by atoms with Crippen molar-refractivity contribution in [1.29, 1.82) is 0 Å². The normalized spacial score (nSPS) is 9.47. The summed E-state index contributed by atoms with van der Waals surface area (Å²) in [5, 5.41) is 0. The van der Waals surface area contributed by atoms with Gasteiger partial charge in [-0.2, -0.15) is 0 Å². The molecule has 0 bridgehead atoms. The summed E-state index contributed by atoms with van der Waals surface area (Å²) in [6, 6.07) is 14.2. The molecule has 0 spiro atoms. The highest BCUT2D eigenvalue weighted by molar-refractivity contribution is 5.27. The van der Waals surface area contributed by atoms with Crippen molar-refractivity contribution >= 4 is 0 Å². The van der Waals surface area contributed by atoms with Crippen molar-refractivity contribution in [1.82, 2.24) is 0 Å². The number of aryl methyl sites for hydroxylation is 1. The highest BCUT2D eigenvalue weighted by Crippen LogP contribution is 2.11. The summed E-state index contributed by atoms with van der Waals surface area (Å²) in [6.07, 6.45) is 4.08. The molecule has 3 heteroatoms. The minimum atomic E-state index is 0. The van der Waals surface area contributed by atoms with E-state index in [1.807, 2.05) is 42.7 Å². The number of nitrogens with zero attached hydrogens (tertiary/aromatic N) is 1. The number of hydrogen-bond acceptors (Lipinski definition) is 1. The van der Waals surface area contributed by atoms with Gasteiger partial charge >= 0.3 is 0 Å². The summed E-state index contributed by atoms with van der Waals surface area (Å²) in [6.45, 7) is 3.63. The molecule has 0 amide bonds. The first-order valence-corrected chi connectivity index (χ1v) is 5.48. The minimum absolute atomic E-state index is 0. The Balaban J connectivity index is 0.00000144. The zero-order chi connectivity index (χ0) is 11.2. The predicted octanol–water partition coefficient (Wildman–Crippen LogP) is -0.634. The number of aromatic nitrogens is 1. The molecule has 2 aromatic rings. The van der Waals surface area contributed by atoms with E-state index in [2.05, 4.69) is 23.6 Å². The van der Waals surface area contributed by atoms with E-state index in [0.29, 0.717) is 6.61 Å². The zero-order valence-electron chi connectivity index (χ0n) is 9.84.